The molecule has 1 saturated carbocycles. The summed E-state index contributed by atoms with van der Waals surface area (Å²) in [6.07, 6.45) is 5.82. The van der Waals surface area contributed by atoms with Crippen molar-refractivity contribution < 1.29 is 14.3 Å². The first-order chi connectivity index (χ1) is 13.0. The molecule has 27 heavy (non-hydrogen) atoms. The molecule has 1 aromatic carbocycles. The smallest absolute Gasteiger partial charge is 0.254 e. The van der Waals surface area contributed by atoms with E-state index in [1.54, 1.807) is 7.11 Å². The molecule has 1 amide bonds. The van der Waals surface area contributed by atoms with Crippen LogP contribution in [0.5, 0.6) is 11.5 Å². The molecule has 2 saturated heterocycles. The highest BCUT2D eigenvalue weighted by Gasteiger charge is 2.40. The highest BCUT2D eigenvalue weighted by molar-refractivity contribution is 5.95. The zero-order valence-electron chi connectivity index (χ0n) is 16.8. The summed E-state index contributed by atoms with van der Waals surface area (Å²) < 4.78 is 11.8. The van der Waals surface area contributed by atoms with Crippen LogP contribution < -0.4 is 9.47 Å². The van der Waals surface area contributed by atoms with E-state index in [1.807, 2.05) is 18.2 Å². The second-order valence-corrected chi connectivity index (χ2v) is 8.60. The number of carbonyl (C=O) groups excluding carboxylic acids is 1. The minimum absolute atomic E-state index is 0.143. The van der Waals surface area contributed by atoms with E-state index in [0.717, 1.165) is 44.5 Å². The van der Waals surface area contributed by atoms with Gasteiger partial charge in [0.2, 0.25) is 0 Å². The number of ether oxygens (including phenoxy) is 2. The van der Waals surface area contributed by atoms with E-state index in [0.29, 0.717) is 29.5 Å². The Morgan fingerprint density at radius 1 is 1.11 bits per heavy atom. The van der Waals surface area contributed by atoms with Crippen LogP contribution in [0.15, 0.2) is 18.2 Å². The summed E-state index contributed by atoms with van der Waals surface area (Å²) in [5.74, 6) is 2.26. The summed E-state index contributed by atoms with van der Waals surface area (Å²) in [6.45, 7) is 7.51. The topological polar surface area (TPSA) is 42.0 Å². The predicted molar refractivity (Wildman–Crippen MR) is 106 cm³/mol. The first-order valence-electron chi connectivity index (χ1n) is 10.4. The molecule has 2 aliphatic heterocycles. The Morgan fingerprint density at radius 3 is 2.48 bits per heavy atom. The lowest BCUT2D eigenvalue weighted by Crippen LogP contribution is -2.41. The van der Waals surface area contributed by atoms with E-state index in [9.17, 15) is 4.79 Å². The summed E-state index contributed by atoms with van der Waals surface area (Å²) in [5, 5.41) is 0. The molecule has 5 heteroatoms. The summed E-state index contributed by atoms with van der Waals surface area (Å²) in [7, 11) is 1.66. The molecule has 0 radical (unpaired) electrons. The first kappa shape index (κ1) is 18.6. The molecule has 1 aromatic rings. The van der Waals surface area contributed by atoms with Crippen LogP contribution in [-0.4, -0.2) is 60.6 Å². The number of nitrogens with zero attached hydrogens (tertiary/aromatic N) is 2. The number of likely N-dealkylation sites (tertiary alicyclic amines) is 2. The van der Waals surface area contributed by atoms with Crippen LogP contribution in [0, 0.1) is 5.92 Å². The average molecular weight is 373 g/mol. The van der Waals surface area contributed by atoms with Crippen LogP contribution in [0.1, 0.15) is 56.3 Å². The number of fused-ring (bicyclic) bond motifs is 2. The normalized spacial score (nSPS) is 26.0. The third-order valence-electron chi connectivity index (χ3n) is 6.58. The molecule has 3 fully saturated rings. The maximum absolute atomic E-state index is 13.0. The highest BCUT2D eigenvalue weighted by atomic mass is 16.5. The van der Waals surface area contributed by atoms with Crippen molar-refractivity contribution in [1.29, 1.82) is 0 Å². The van der Waals surface area contributed by atoms with Gasteiger partial charge in [-0.05, 0) is 70.1 Å². The fourth-order valence-electron chi connectivity index (χ4n) is 4.93. The van der Waals surface area contributed by atoms with Crippen molar-refractivity contribution in [2.45, 2.75) is 64.1 Å². The number of rotatable bonds is 5. The minimum atomic E-state index is 0.143. The second-order valence-electron chi connectivity index (χ2n) is 8.60. The number of carbonyl (C=O) groups is 1. The Kier molecular flexibility index (Phi) is 5.31. The van der Waals surface area contributed by atoms with E-state index in [2.05, 4.69) is 23.6 Å². The summed E-state index contributed by atoms with van der Waals surface area (Å²) in [4.78, 5) is 17.6. The quantitative estimate of drug-likeness (QED) is 0.792. The molecule has 5 nitrogen and oxygen atoms in total. The first-order valence-corrected chi connectivity index (χ1v) is 10.4. The van der Waals surface area contributed by atoms with Gasteiger partial charge in [0.05, 0.1) is 7.11 Å². The molecule has 2 heterocycles. The van der Waals surface area contributed by atoms with Crippen LogP contribution in [0.2, 0.25) is 0 Å². The van der Waals surface area contributed by atoms with Crippen LogP contribution in [0.4, 0.5) is 0 Å². The molecule has 148 valence electrons. The minimum Gasteiger partial charge on any atom is -0.493 e. The van der Waals surface area contributed by atoms with Crippen LogP contribution in [-0.2, 0) is 0 Å². The van der Waals surface area contributed by atoms with E-state index < -0.39 is 0 Å². The molecular weight excluding hydrogens is 340 g/mol. The number of hydrogen-bond acceptors (Lipinski definition) is 4. The molecule has 0 spiro atoms. The van der Waals surface area contributed by atoms with Crippen molar-refractivity contribution in [1.82, 2.24) is 9.80 Å². The van der Waals surface area contributed by atoms with E-state index in [1.165, 1.54) is 12.8 Å². The molecule has 3 aliphatic rings. The summed E-state index contributed by atoms with van der Waals surface area (Å²) in [6, 6.07) is 6.66. The highest BCUT2D eigenvalue weighted by Crippen LogP contribution is 2.39. The Balaban J connectivity index is 1.46. The van der Waals surface area contributed by atoms with Crippen molar-refractivity contribution in [2.75, 3.05) is 26.7 Å². The largest absolute Gasteiger partial charge is 0.493 e. The maximum Gasteiger partial charge on any atom is 0.254 e. The zero-order chi connectivity index (χ0) is 19.0. The molecule has 2 bridgehead atoms. The molecule has 1 aliphatic carbocycles. The molecule has 4 rings (SSSR count). The lowest BCUT2D eigenvalue weighted by molar-refractivity contribution is 0.0698. The van der Waals surface area contributed by atoms with Gasteiger partial charge in [-0.15, -0.1) is 0 Å². The van der Waals surface area contributed by atoms with Gasteiger partial charge in [-0.2, -0.15) is 0 Å². The Hall–Kier alpha value is -1.75. The maximum atomic E-state index is 13.0. The van der Waals surface area contributed by atoms with Crippen molar-refractivity contribution in [3.05, 3.63) is 23.8 Å². The van der Waals surface area contributed by atoms with E-state index in [-0.39, 0.29) is 12.0 Å². The van der Waals surface area contributed by atoms with Crippen LogP contribution in [0.25, 0.3) is 0 Å². The fourth-order valence-corrected chi connectivity index (χ4v) is 4.93. The van der Waals surface area contributed by atoms with Crippen molar-refractivity contribution in [2.24, 2.45) is 5.92 Å². The Labute approximate surface area is 162 Å². The predicted octanol–water partition coefficient (Wildman–Crippen LogP) is 3.57. The van der Waals surface area contributed by atoms with Crippen LogP contribution in [0.3, 0.4) is 0 Å². The van der Waals surface area contributed by atoms with Gasteiger partial charge < -0.3 is 19.3 Å². The number of hydrogen-bond donors (Lipinski definition) is 0. The van der Waals surface area contributed by atoms with Crippen molar-refractivity contribution in [3.8, 4) is 11.5 Å². The van der Waals surface area contributed by atoms with Crippen LogP contribution >= 0.6 is 0 Å². The van der Waals surface area contributed by atoms with Gasteiger partial charge >= 0.3 is 0 Å². The molecule has 2 atom stereocenters. The SMILES string of the molecule is COc1ccc(C(=O)N2C[C@H]3CC[C@H]2C3)cc1OC1CCN(C(C)C)CC1. The van der Waals surface area contributed by atoms with Crippen molar-refractivity contribution >= 4 is 5.91 Å². The second kappa shape index (κ2) is 7.70. The number of methoxy groups -OCH3 is 1. The summed E-state index contributed by atoms with van der Waals surface area (Å²) in [5.41, 5.74) is 0.720. The Bertz CT molecular complexity index is 682. The summed E-state index contributed by atoms with van der Waals surface area (Å²) >= 11 is 0. The van der Waals surface area contributed by atoms with Gasteiger partial charge in [0.15, 0.2) is 11.5 Å². The average Bonchev–Trinajstić information content (AvgIpc) is 3.31. The molecule has 0 unspecified atom stereocenters. The van der Waals surface area contributed by atoms with E-state index >= 15 is 0 Å². The van der Waals surface area contributed by atoms with Gasteiger partial charge in [0, 0.05) is 37.3 Å². The fraction of sp³-hybridized carbons (Fsp3) is 0.682. The monoisotopic (exact) mass is 372 g/mol. The van der Waals surface area contributed by atoms with Gasteiger partial charge in [-0.25, -0.2) is 0 Å². The van der Waals surface area contributed by atoms with Gasteiger partial charge in [-0.1, -0.05) is 0 Å². The Morgan fingerprint density at radius 2 is 1.89 bits per heavy atom. The number of piperidine rings is 2. The third kappa shape index (κ3) is 3.79. The van der Waals surface area contributed by atoms with Crippen molar-refractivity contribution in [3.63, 3.8) is 0 Å². The lowest BCUT2D eigenvalue weighted by Gasteiger charge is -2.34. The van der Waals surface area contributed by atoms with Gasteiger partial charge in [-0.3, -0.25) is 4.79 Å². The number of benzene rings is 1. The molecule has 0 N–H and O–H groups in total. The molecule has 0 aromatic heterocycles. The van der Waals surface area contributed by atoms with E-state index in [4.69, 9.17) is 9.47 Å². The zero-order valence-corrected chi connectivity index (χ0v) is 16.8. The number of amides is 1. The lowest BCUT2D eigenvalue weighted by atomic mass is 10.1. The third-order valence-corrected chi connectivity index (χ3v) is 6.58. The van der Waals surface area contributed by atoms with Gasteiger partial charge in [0.1, 0.15) is 6.10 Å². The molecular formula is C22H32N2O3. The standard InChI is InChI=1S/C22H32N2O3/c1-15(2)23-10-8-19(9-11-23)27-21-13-17(5-7-20(21)26-3)22(25)24-14-16-4-6-18(24)12-16/h5,7,13,15-16,18-19H,4,6,8-12,14H2,1-3H3/t16-,18-/m0/s1. The van der Waals surface area contributed by atoms with Gasteiger partial charge in [0.25, 0.3) is 5.91 Å².